The van der Waals surface area contributed by atoms with Crippen molar-refractivity contribution in [3.63, 3.8) is 0 Å². The van der Waals surface area contributed by atoms with E-state index < -0.39 is 0 Å². The van der Waals surface area contributed by atoms with Crippen LogP contribution in [0.25, 0.3) is 0 Å². The first-order chi connectivity index (χ1) is 7.71. The average Bonchev–Trinajstić information content (AvgIpc) is 2.31. The third-order valence-electron chi connectivity index (χ3n) is 3.03. The maximum absolute atomic E-state index is 9.17. The molecule has 0 aliphatic carbocycles. The summed E-state index contributed by atoms with van der Waals surface area (Å²) in [6, 6.07) is 8.02. The van der Waals surface area contributed by atoms with E-state index in [1.54, 1.807) is 7.11 Å². The number of hydrogen-bond acceptors (Lipinski definition) is 3. The molecular weight excluding hydrogens is 202 g/mol. The summed E-state index contributed by atoms with van der Waals surface area (Å²) < 4.78 is 5.18. The standard InChI is InChI=1S/C13H21NO2/c1-10(12(8-14)9-15)6-11-4-3-5-13(7-11)16-2/h3-5,7,10,12,15H,6,8-9,14H2,1-2H3. The van der Waals surface area contributed by atoms with Crippen LogP contribution in [0.15, 0.2) is 24.3 Å². The molecule has 0 heterocycles. The summed E-state index contributed by atoms with van der Waals surface area (Å²) in [4.78, 5) is 0. The zero-order valence-electron chi connectivity index (χ0n) is 10.0. The summed E-state index contributed by atoms with van der Waals surface area (Å²) in [5, 5.41) is 9.17. The first kappa shape index (κ1) is 13.0. The SMILES string of the molecule is COc1cccc(CC(C)C(CN)CO)c1. The topological polar surface area (TPSA) is 55.5 Å². The minimum Gasteiger partial charge on any atom is -0.497 e. The molecule has 0 spiro atoms. The van der Waals surface area contributed by atoms with E-state index in [2.05, 4.69) is 13.0 Å². The predicted octanol–water partition coefficient (Wildman–Crippen LogP) is 1.44. The number of benzene rings is 1. The van der Waals surface area contributed by atoms with Gasteiger partial charge in [-0.25, -0.2) is 0 Å². The van der Waals surface area contributed by atoms with E-state index in [0.29, 0.717) is 12.5 Å². The average molecular weight is 223 g/mol. The maximum Gasteiger partial charge on any atom is 0.119 e. The van der Waals surface area contributed by atoms with E-state index in [4.69, 9.17) is 10.5 Å². The molecule has 0 radical (unpaired) electrons. The number of rotatable bonds is 6. The summed E-state index contributed by atoms with van der Waals surface area (Å²) in [5.74, 6) is 1.42. The Morgan fingerprint density at radius 1 is 1.44 bits per heavy atom. The van der Waals surface area contributed by atoms with Crippen molar-refractivity contribution in [2.24, 2.45) is 17.6 Å². The maximum atomic E-state index is 9.17. The Kier molecular flexibility index (Phi) is 5.29. The van der Waals surface area contributed by atoms with Crippen molar-refractivity contribution >= 4 is 0 Å². The molecule has 16 heavy (non-hydrogen) atoms. The van der Waals surface area contributed by atoms with Gasteiger partial charge < -0.3 is 15.6 Å². The third kappa shape index (κ3) is 3.51. The molecule has 2 atom stereocenters. The van der Waals surface area contributed by atoms with Crippen LogP contribution < -0.4 is 10.5 Å². The molecule has 3 nitrogen and oxygen atoms in total. The lowest BCUT2D eigenvalue weighted by Crippen LogP contribution is -2.26. The van der Waals surface area contributed by atoms with Gasteiger partial charge in [0.1, 0.15) is 5.75 Å². The highest BCUT2D eigenvalue weighted by Gasteiger charge is 2.15. The van der Waals surface area contributed by atoms with Crippen LogP contribution in [0.4, 0.5) is 0 Å². The number of methoxy groups -OCH3 is 1. The fraction of sp³-hybridized carbons (Fsp3) is 0.538. The van der Waals surface area contributed by atoms with Crippen LogP contribution in [0, 0.1) is 11.8 Å². The van der Waals surface area contributed by atoms with Gasteiger partial charge in [-0.05, 0) is 42.5 Å². The number of aliphatic hydroxyl groups excluding tert-OH is 1. The molecule has 0 saturated carbocycles. The van der Waals surface area contributed by atoms with Crippen LogP contribution in [0.5, 0.6) is 5.75 Å². The molecule has 0 saturated heterocycles. The molecule has 0 fully saturated rings. The quantitative estimate of drug-likeness (QED) is 0.767. The molecule has 1 rings (SSSR count). The predicted molar refractivity (Wildman–Crippen MR) is 65.5 cm³/mol. The lowest BCUT2D eigenvalue weighted by Gasteiger charge is -2.20. The molecule has 0 aliphatic rings. The van der Waals surface area contributed by atoms with Crippen LogP contribution in [-0.2, 0) is 6.42 Å². The van der Waals surface area contributed by atoms with Gasteiger partial charge in [-0.2, -0.15) is 0 Å². The lowest BCUT2D eigenvalue weighted by atomic mass is 9.89. The second-order valence-corrected chi connectivity index (χ2v) is 4.21. The van der Waals surface area contributed by atoms with E-state index in [1.165, 1.54) is 5.56 Å². The Morgan fingerprint density at radius 2 is 2.19 bits per heavy atom. The molecule has 0 bridgehead atoms. The van der Waals surface area contributed by atoms with Crippen molar-refractivity contribution in [2.45, 2.75) is 13.3 Å². The van der Waals surface area contributed by atoms with Crippen LogP contribution in [0.3, 0.4) is 0 Å². The summed E-state index contributed by atoms with van der Waals surface area (Å²) >= 11 is 0. The first-order valence-corrected chi connectivity index (χ1v) is 5.65. The largest absolute Gasteiger partial charge is 0.497 e. The third-order valence-corrected chi connectivity index (χ3v) is 3.03. The van der Waals surface area contributed by atoms with Crippen molar-refractivity contribution < 1.29 is 9.84 Å². The molecule has 0 aliphatic heterocycles. The monoisotopic (exact) mass is 223 g/mol. The van der Waals surface area contributed by atoms with E-state index in [9.17, 15) is 5.11 Å². The van der Waals surface area contributed by atoms with E-state index in [0.717, 1.165) is 12.2 Å². The summed E-state index contributed by atoms with van der Waals surface area (Å²) in [7, 11) is 1.67. The fourth-order valence-electron chi connectivity index (χ4n) is 1.82. The first-order valence-electron chi connectivity index (χ1n) is 5.65. The van der Waals surface area contributed by atoms with Gasteiger partial charge in [-0.3, -0.25) is 0 Å². The van der Waals surface area contributed by atoms with Crippen molar-refractivity contribution in [3.05, 3.63) is 29.8 Å². The molecule has 3 heteroatoms. The van der Waals surface area contributed by atoms with Gasteiger partial charge in [0.2, 0.25) is 0 Å². The minimum atomic E-state index is 0.154. The summed E-state index contributed by atoms with van der Waals surface area (Å²) in [6.07, 6.45) is 0.916. The number of ether oxygens (including phenoxy) is 1. The zero-order valence-corrected chi connectivity index (χ0v) is 10.0. The van der Waals surface area contributed by atoms with E-state index >= 15 is 0 Å². The normalized spacial score (nSPS) is 14.5. The van der Waals surface area contributed by atoms with Gasteiger partial charge in [-0.15, -0.1) is 0 Å². The van der Waals surface area contributed by atoms with Crippen LogP contribution in [-0.4, -0.2) is 25.4 Å². The van der Waals surface area contributed by atoms with E-state index in [-0.39, 0.29) is 12.5 Å². The fourth-order valence-corrected chi connectivity index (χ4v) is 1.82. The Bertz CT molecular complexity index is 311. The van der Waals surface area contributed by atoms with Gasteiger partial charge in [0.05, 0.1) is 7.11 Å². The Hall–Kier alpha value is -1.06. The molecule has 90 valence electrons. The van der Waals surface area contributed by atoms with Crippen molar-refractivity contribution in [1.82, 2.24) is 0 Å². The highest BCUT2D eigenvalue weighted by Crippen LogP contribution is 2.19. The lowest BCUT2D eigenvalue weighted by molar-refractivity contribution is 0.187. The molecule has 1 aromatic rings. The number of aliphatic hydroxyl groups is 1. The summed E-state index contributed by atoms with van der Waals surface area (Å²) in [5.41, 5.74) is 6.83. The van der Waals surface area contributed by atoms with E-state index in [1.807, 2.05) is 18.2 Å². The molecule has 0 aromatic heterocycles. The van der Waals surface area contributed by atoms with Gasteiger partial charge in [-0.1, -0.05) is 19.1 Å². The second kappa shape index (κ2) is 6.51. The summed E-state index contributed by atoms with van der Waals surface area (Å²) in [6.45, 7) is 2.80. The Balaban J connectivity index is 2.64. The second-order valence-electron chi connectivity index (χ2n) is 4.21. The number of nitrogens with two attached hydrogens (primary N) is 1. The van der Waals surface area contributed by atoms with Gasteiger partial charge >= 0.3 is 0 Å². The van der Waals surface area contributed by atoms with Gasteiger partial charge in [0, 0.05) is 6.61 Å². The Morgan fingerprint density at radius 3 is 2.75 bits per heavy atom. The van der Waals surface area contributed by atoms with Gasteiger partial charge in [0.25, 0.3) is 0 Å². The molecular formula is C13H21NO2. The van der Waals surface area contributed by atoms with Crippen LogP contribution in [0.2, 0.25) is 0 Å². The Labute approximate surface area is 97.2 Å². The number of hydrogen-bond donors (Lipinski definition) is 2. The van der Waals surface area contributed by atoms with Crippen LogP contribution in [0.1, 0.15) is 12.5 Å². The van der Waals surface area contributed by atoms with Crippen molar-refractivity contribution in [3.8, 4) is 5.75 Å². The smallest absolute Gasteiger partial charge is 0.119 e. The van der Waals surface area contributed by atoms with Crippen molar-refractivity contribution in [1.29, 1.82) is 0 Å². The molecule has 1 aromatic carbocycles. The van der Waals surface area contributed by atoms with Crippen molar-refractivity contribution in [2.75, 3.05) is 20.3 Å². The van der Waals surface area contributed by atoms with Crippen LogP contribution >= 0.6 is 0 Å². The zero-order chi connectivity index (χ0) is 12.0. The molecule has 0 amide bonds. The molecule has 2 unspecified atom stereocenters. The van der Waals surface area contributed by atoms with Gasteiger partial charge in [0.15, 0.2) is 0 Å². The highest BCUT2D eigenvalue weighted by atomic mass is 16.5. The minimum absolute atomic E-state index is 0.154. The molecule has 3 N–H and O–H groups in total. The highest BCUT2D eigenvalue weighted by molar-refractivity contribution is 5.28.